The van der Waals surface area contributed by atoms with Gasteiger partial charge in [0.25, 0.3) is 0 Å². The van der Waals surface area contributed by atoms with E-state index in [9.17, 15) is 9.90 Å². The number of hydrogen-bond donors (Lipinski definition) is 1. The molecule has 2 aromatic rings. The molecule has 1 N–H and O–H groups in total. The Bertz CT molecular complexity index is 994. The van der Waals surface area contributed by atoms with E-state index in [-0.39, 0.29) is 6.42 Å². The van der Waals surface area contributed by atoms with E-state index in [1.807, 2.05) is 19.1 Å². The molecule has 1 fully saturated rings. The van der Waals surface area contributed by atoms with Crippen molar-refractivity contribution in [1.29, 1.82) is 0 Å². The number of carbonyl (C=O) groups is 1. The lowest BCUT2D eigenvalue weighted by molar-refractivity contribution is -0.140. The number of fused-ring (bicyclic) bond motifs is 1. The average molecular weight is 425 g/mol. The molecule has 31 heavy (non-hydrogen) atoms. The molecule has 0 amide bonds. The summed E-state index contributed by atoms with van der Waals surface area (Å²) in [5.41, 5.74) is 6.58. The Morgan fingerprint density at radius 2 is 1.65 bits per heavy atom. The predicted octanol–water partition coefficient (Wildman–Crippen LogP) is 4.12. The summed E-state index contributed by atoms with van der Waals surface area (Å²) in [5, 5.41) is 9.32. The van der Waals surface area contributed by atoms with Gasteiger partial charge >= 0.3 is 5.97 Å². The first kappa shape index (κ1) is 21.3. The summed E-state index contributed by atoms with van der Waals surface area (Å²) >= 11 is 0. The number of methoxy groups -OCH3 is 1. The number of rotatable bonds is 5. The summed E-state index contributed by atoms with van der Waals surface area (Å²) < 4.78 is 11.5. The minimum absolute atomic E-state index is 0.00940. The topological polar surface area (TPSA) is 62.2 Å². The lowest BCUT2D eigenvalue weighted by Crippen LogP contribution is -2.47. The third kappa shape index (κ3) is 3.91. The van der Waals surface area contributed by atoms with Gasteiger partial charge in [0.1, 0.15) is 17.1 Å². The van der Waals surface area contributed by atoms with Crippen molar-refractivity contribution in [2.45, 2.75) is 46.1 Å². The number of ether oxygens (including phenoxy) is 2. The van der Waals surface area contributed by atoms with Gasteiger partial charge in [-0.2, -0.15) is 0 Å². The normalized spacial score (nSPS) is 20.4. The summed E-state index contributed by atoms with van der Waals surface area (Å²) in [6.07, 6.45) is 0.649. The van der Waals surface area contributed by atoms with Crippen molar-refractivity contribution in [1.82, 2.24) is 0 Å². The molecule has 2 aromatic carbocycles. The van der Waals surface area contributed by atoms with Crippen LogP contribution < -0.4 is 19.3 Å². The van der Waals surface area contributed by atoms with Gasteiger partial charge in [-0.1, -0.05) is 0 Å². The number of carboxylic acid groups (broad SMARTS) is 1. The van der Waals surface area contributed by atoms with E-state index in [0.29, 0.717) is 6.42 Å². The van der Waals surface area contributed by atoms with Crippen LogP contribution in [0.5, 0.6) is 11.5 Å². The van der Waals surface area contributed by atoms with Gasteiger partial charge in [-0.3, -0.25) is 4.79 Å². The van der Waals surface area contributed by atoms with Crippen LogP contribution >= 0.6 is 0 Å². The number of aliphatic carboxylic acids is 1. The van der Waals surface area contributed by atoms with Crippen LogP contribution in [-0.2, 0) is 11.2 Å². The maximum Gasteiger partial charge on any atom is 0.307 e. The van der Waals surface area contributed by atoms with E-state index in [4.69, 9.17) is 9.47 Å². The molecule has 2 heterocycles. The lowest BCUT2D eigenvalue weighted by atomic mass is 9.90. The van der Waals surface area contributed by atoms with Crippen LogP contribution in [0.3, 0.4) is 0 Å². The first-order chi connectivity index (χ1) is 14.7. The molecule has 2 aliphatic rings. The fraction of sp³-hybridized carbons (Fsp3) is 0.480. The summed E-state index contributed by atoms with van der Waals surface area (Å²) in [7, 11) is 1.69. The van der Waals surface area contributed by atoms with Crippen molar-refractivity contribution >= 4 is 17.3 Å². The molecule has 6 heteroatoms. The summed E-state index contributed by atoms with van der Waals surface area (Å²) in [6.45, 7) is 12.1. The monoisotopic (exact) mass is 424 g/mol. The minimum Gasteiger partial charge on any atom is -0.497 e. The standard InChI is InChI=1S/C25H32N2O4/c1-16-17(2)24-21(14-25(4,31-24)15-22(28)29)18(3)23(16)27-12-10-26(11-13-27)19-6-8-20(30-5)9-7-19/h6-9H,10-15H2,1-5H3,(H,28,29). The van der Waals surface area contributed by atoms with Gasteiger partial charge in [0.15, 0.2) is 0 Å². The number of hydrogen-bond acceptors (Lipinski definition) is 5. The molecule has 0 saturated carbocycles. The Kier molecular flexibility index (Phi) is 5.50. The molecule has 1 atom stereocenters. The fourth-order valence-corrected chi connectivity index (χ4v) is 5.05. The number of piperazine rings is 1. The zero-order valence-electron chi connectivity index (χ0n) is 19.1. The average Bonchev–Trinajstić information content (AvgIpc) is 3.10. The third-order valence-electron chi connectivity index (χ3n) is 6.80. The van der Waals surface area contributed by atoms with Gasteiger partial charge in [0.2, 0.25) is 0 Å². The third-order valence-corrected chi connectivity index (χ3v) is 6.80. The summed E-state index contributed by atoms with van der Waals surface area (Å²) in [4.78, 5) is 16.2. The number of carboxylic acids is 1. The Balaban J connectivity index is 1.56. The lowest BCUT2D eigenvalue weighted by Gasteiger charge is -2.39. The van der Waals surface area contributed by atoms with Crippen LogP contribution in [0.25, 0.3) is 0 Å². The van der Waals surface area contributed by atoms with Crippen LogP contribution in [0, 0.1) is 20.8 Å². The molecule has 0 aromatic heterocycles. The van der Waals surface area contributed by atoms with Gasteiger partial charge in [0, 0.05) is 49.5 Å². The molecular weight excluding hydrogens is 392 g/mol. The second-order valence-corrected chi connectivity index (χ2v) is 9.00. The highest BCUT2D eigenvalue weighted by molar-refractivity contribution is 5.72. The molecule has 6 nitrogen and oxygen atoms in total. The first-order valence-electron chi connectivity index (χ1n) is 10.9. The van der Waals surface area contributed by atoms with Crippen molar-refractivity contribution in [2.24, 2.45) is 0 Å². The van der Waals surface area contributed by atoms with Gasteiger partial charge in [0.05, 0.1) is 13.5 Å². The largest absolute Gasteiger partial charge is 0.497 e. The van der Waals surface area contributed by atoms with Crippen molar-refractivity contribution in [3.05, 3.63) is 46.5 Å². The molecule has 166 valence electrons. The van der Waals surface area contributed by atoms with Crippen LogP contribution in [-0.4, -0.2) is 50.0 Å². The first-order valence-corrected chi connectivity index (χ1v) is 10.9. The molecular formula is C25H32N2O4. The Morgan fingerprint density at radius 3 is 2.23 bits per heavy atom. The molecule has 0 spiro atoms. The Labute approximate surface area is 184 Å². The maximum atomic E-state index is 11.3. The smallest absolute Gasteiger partial charge is 0.307 e. The number of benzene rings is 2. The zero-order valence-corrected chi connectivity index (χ0v) is 19.1. The van der Waals surface area contributed by atoms with Crippen molar-refractivity contribution in [2.75, 3.05) is 43.1 Å². The van der Waals surface area contributed by atoms with Crippen molar-refractivity contribution in [3.8, 4) is 11.5 Å². The molecule has 0 radical (unpaired) electrons. The van der Waals surface area contributed by atoms with E-state index in [1.54, 1.807) is 7.11 Å². The van der Waals surface area contributed by atoms with Gasteiger partial charge < -0.3 is 24.4 Å². The van der Waals surface area contributed by atoms with Gasteiger partial charge in [-0.25, -0.2) is 0 Å². The maximum absolute atomic E-state index is 11.3. The second-order valence-electron chi connectivity index (χ2n) is 9.00. The SMILES string of the molecule is COc1ccc(N2CCN(c3c(C)c(C)c4c(c3C)CC(C)(CC(=O)O)O4)CC2)cc1. The quantitative estimate of drug-likeness (QED) is 0.779. The van der Waals surface area contributed by atoms with E-state index in [0.717, 1.165) is 43.2 Å². The second kappa shape index (κ2) is 7.98. The fourth-order valence-electron chi connectivity index (χ4n) is 5.05. The van der Waals surface area contributed by atoms with Crippen LogP contribution in [0.4, 0.5) is 11.4 Å². The minimum atomic E-state index is -0.822. The molecule has 4 rings (SSSR count). The van der Waals surface area contributed by atoms with E-state index < -0.39 is 11.6 Å². The van der Waals surface area contributed by atoms with E-state index in [1.165, 1.54) is 28.1 Å². The molecule has 1 unspecified atom stereocenters. The molecule has 0 aliphatic carbocycles. The summed E-state index contributed by atoms with van der Waals surface area (Å²) in [5.74, 6) is 0.941. The van der Waals surface area contributed by atoms with Crippen LogP contribution in [0.1, 0.15) is 35.6 Å². The molecule has 2 aliphatic heterocycles. The van der Waals surface area contributed by atoms with E-state index in [2.05, 4.69) is 42.7 Å². The van der Waals surface area contributed by atoms with Crippen molar-refractivity contribution < 1.29 is 19.4 Å². The van der Waals surface area contributed by atoms with Gasteiger partial charge in [-0.05, 0) is 68.7 Å². The Hall–Kier alpha value is -2.89. The van der Waals surface area contributed by atoms with E-state index >= 15 is 0 Å². The number of anilines is 2. The van der Waals surface area contributed by atoms with Gasteiger partial charge in [-0.15, -0.1) is 0 Å². The predicted molar refractivity (Wildman–Crippen MR) is 123 cm³/mol. The molecule has 0 bridgehead atoms. The highest BCUT2D eigenvalue weighted by Crippen LogP contribution is 2.46. The zero-order chi connectivity index (χ0) is 22.3. The Morgan fingerprint density at radius 1 is 1.03 bits per heavy atom. The van der Waals surface area contributed by atoms with Crippen LogP contribution in [0.2, 0.25) is 0 Å². The van der Waals surface area contributed by atoms with Crippen LogP contribution in [0.15, 0.2) is 24.3 Å². The summed E-state index contributed by atoms with van der Waals surface area (Å²) in [6, 6.07) is 8.25. The highest BCUT2D eigenvalue weighted by atomic mass is 16.5. The highest BCUT2D eigenvalue weighted by Gasteiger charge is 2.40. The molecule has 1 saturated heterocycles. The van der Waals surface area contributed by atoms with Crippen molar-refractivity contribution in [3.63, 3.8) is 0 Å². The number of nitrogens with zero attached hydrogens (tertiary/aromatic N) is 2.